The molecule has 2 nitrogen and oxygen atoms in total. The predicted octanol–water partition coefficient (Wildman–Crippen LogP) is 6.47. The van der Waals surface area contributed by atoms with Gasteiger partial charge in [-0.2, -0.15) is 13.2 Å². The molecule has 0 aliphatic heterocycles. The molecule has 0 rings (SSSR count). The van der Waals surface area contributed by atoms with Crippen LogP contribution in [0.5, 0.6) is 0 Å². The Kier molecular flexibility index (Phi) is 9.56. The van der Waals surface area contributed by atoms with Crippen molar-refractivity contribution in [2.75, 3.05) is 0 Å². The molecule has 0 radical (unpaired) electrons. The highest BCUT2D eigenvalue weighted by Gasteiger charge is 2.45. The number of ketones is 2. The molecule has 0 saturated carbocycles. The van der Waals surface area contributed by atoms with Gasteiger partial charge in [-0.15, -0.1) is 0 Å². The average Bonchev–Trinajstić information content (AvgIpc) is 2.47. The van der Waals surface area contributed by atoms with Crippen LogP contribution in [-0.2, 0) is 9.59 Å². The molecule has 0 spiro atoms. The second-order valence-electron chi connectivity index (χ2n) is 9.26. The lowest BCUT2D eigenvalue weighted by Gasteiger charge is -2.30. The molecule has 26 heavy (non-hydrogen) atoms. The molecule has 0 aliphatic rings. The van der Waals surface area contributed by atoms with Crippen LogP contribution in [0.3, 0.4) is 0 Å². The number of hydrogen-bond donors (Lipinski definition) is 0. The molecule has 0 aliphatic carbocycles. The number of halogens is 3. The maximum absolute atomic E-state index is 13.2. The lowest BCUT2D eigenvalue weighted by atomic mass is 9.75. The minimum atomic E-state index is -4.50. The summed E-state index contributed by atoms with van der Waals surface area (Å²) in [5.41, 5.74) is -0.0813. The molecule has 0 aromatic carbocycles. The van der Waals surface area contributed by atoms with Crippen LogP contribution in [-0.4, -0.2) is 17.7 Å². The number of rotatable bonds is 11. The summed E-state index contributed by atoms with van der Waals surface area (Å²) in [4.78, 5) is 24.3. The van der Waals surface area contributed by atoms with Gasteiger partial charge in [-0.25, -0.2) is 0 Å². The fourth-order valence-electron chi connectivity index (χ4n) is 2.86. The van der Waals surface area contributed by atoms with Crippen molar-refractivity contribution in [1.29, 1.82) is 0 Å². The molecule has 5 heteroatoms. The molecule has 0 saturated heterocycles. The number of carbonyl (C=O) groups excluding carboxylic acids is 2. The van der Waals surface area contributed by atoms with Crippen LogP contribution in [0.1, 0.15) is 81.1 Å². The van der Waals surface area contributed by atoms with E-state index in [1.807, 2.05) is 6.92 Å². The molecule has 3 atom stereocenters. The second kappa shape index (κ2) is 9.89. The first kappa shape index (κ1) is 25.1. The van der Waals surface area contributed by atoms with Gasteiger partial charge in [0, 0.05) is 18.3 Å². The monoisotopic (exact) mass is 378 g/mol. The number of hydrogen-bond acceptors (Lipinski definition) is 2. The molecule has 154 valence electrons. The van der Waals surface area contributed by atoms with Crippen LogP contribution >= 0.6 is 0 Å². The van der Waals surface area contributed by atoms with Gasteiger partial charge >= 0.3 is 6.18 Å². The molecule has 0 fully saturated rings. The van der Waals surface area contributed by atoms with Gasteiger partial charge in [0.15, 0.2) is 0 Å². The largest absolute Gasteiger partial charge is 0.398 e. The smallest absolute Gasteiger partial charge is 0.299 e. The van der Waals surface area contributed by atoms with E-state index < -0.39 is 23.8 Å². The van der Waals surface area contributed by atoms with E-state index in [0.717, 1.165) is 0 Å². The van der Waals surface area contributed by atoms with Crippen molar-refractivity contribution in [3.05, 3.63) is 0 Å². The van der Waals surface area contributed by atoms with Crippen LogP contribution in [0, 0.1) is 35.0 Å². The summed E-state index contributed by atoms with van der Waals surface area (Å²) in [6.07, 6.45) is -3.13. The predicted molar refractivity (Wildman–Crippen MR) is 99.8 cm³/mol. The summed E-state index contributed by atoms with van der Waals surface area (Å²) in [7, 11) is 0. The third-order valence-electron chi connectivity index (χ3n) is 5.78. The number of Topliss-reactive ketones (excluding diaryl/α,β-unsaturated/α-hetero) is 2. The van der Waals surface area contributed by atoms with E-state index >= 15 is 0 Å². The summed E-state index contributed by atoms with van der Waals surface area (Å²) in [6, 6.07) is 0. The van der Waals surface area contributed by atoms with Gasteiger partial charge in [0.2, 0.25) is 0 Å². The Morgan fingerprint density at radius 2 is 1.38 bits per heavy atom. The van der Waals surface area contributed by atoms with Crippen LogP contribution in [0.2, 0.25) is 0 Å². The highest BCUT2D eigenvalue weighted by molar-refractivity contribution is 5.83. The molecule has 3 unspecified atom stereocenters. The number of carbonyl (C=O) groups is 2. The van der Waals surface area contributed by atoms with Crippen LogP contribution < -0.4 is 0 Å². The van der Waals surface area contributed by atoms with E-state index in [9.17, 15) is 22.8 Å². The Labute approximate surface area is 157 Å². The second-order valence-corrected chi connectivity index (χ2v) is 9.26. The van der Waals surface area contributed by atoms with E-state index in [-0.39, 0.29) is 29.5 Å². The fourth-order valence-corrected chi connectivity index (χ4v) is 2.86. The third kappa shape index (κ3) is 8.22. The van der Waals surface area contributed by atoms with Crippen LogP contribution in [0.4, 0.5) is 13.2 Å². The summed E-state index contributed by atoms with van der Waals surface area (Å²) in [5.74, 6) is -3.14. The quantitative estimate of drug-likeness (QED) is 0.413. The minimum absolute atomic E-state index is 0.0813. The molecule has 0 heterocycles. The summed E-state index contributed by atoms with van der Waals surface area (Å²) >= 11 is 0. The SMILES string of the molecule is CC(CCC(C)C(=O)CC(C)(C)C(C)C)CC(C(=O)C(C)C)C(F)(F)F. The summed E-state index contributed by atoms with van der Waals surface area (Å²) in [6.45, 7) is 14.9. The first-order valence-corrected chi connectivity index (χ1v) is 9.72. The molecular formula is C21H37F3O2. The van der Waals surface area contributed by atoms with Gasteiger partial charge in [-0.3, -0.25) is 9.59 Å². The van der Waals surface area contributed by atoms with Gasteiger partial charge in [-0.1, -0.05) is 61.8 Å². The van der Waals surface area contributed by atoms with Gasteiger partial charge in [0.1, 0.15) is 17.5 Å². The lowest BCUT2D eigenvalue weighted by Crippen LogP contribution is -2.35. The molecule has 0 aromatic rings. The fraction of sp³-hybridized carbons (Fsp3) is 0.905. The maximum atomic E-state index is 13.2. The van der Waals surface area contributed by atoms with E-state index in [0.29, 0.717) is 25.2 Å². The number of alkyl halides is 3. The van der Waals surface area contributed by atoms with Crippen molar-refractivity contribution in [1.82, 2.24) is 0 Å². The van der Waals surface area contributed by atoms with Gasteiger partial charge < -0.3 is 0 Å². The third-order valence-corrected chi connectivity index (χ3v) is 5.78. The standard InChI is InChI=1S/C21H37F3O2/c1-13(2)19(26)17(21(22,23)24)11-15(5)9-10-16(6)18(25)12-20(7,8)14(3)4/h13-17H,9-12H2,1-8H3. The average molecular weight is 379 g/mol. The van der Waals surface area contributed by atoms with Crippen LogP contribution in [0.25, 0.3) is 0 Å². The van der Waals surface area contributed by atoms with Crippen molar-refractivity contribution in [2.45, 2.75) is 87.2 Å². The topological polar surface area (TPSA) is 34.1 Å². The lowest BCUT2D eigenvalue weighted by molar-refractivity contribution is -0.186. The van der Waals surface area contributed by atoms with Crippen molar-refractivity contribution >= 4 is 11.6 Å². The first-order chi connectivity index (χ1) is 11.6. The first-order valence-electron chi connectivity index (χ1n) is 9.72. The molecular weight excluding hydrogens is 341 g/mol. The Bertz CT molecular complexity index is 464. The Hall–Kier alpha value is -0.870. The maximum Gasteiger partial charge on any atom is 0.398 e. The van der Waals surface area contributed by atoms with E-state index in [2.05, 4.69) is 27.7 Å². The van der Waals surface area contributed by atoms with Crippen molar-refractivity contribution in [2.24, 2.45) is 35.0 Å². The van der Waals surface area contributed by atoms with E-state index in [1.54, 1.807) is 6.92 Å². The molecule has 0 amide bonds. The van der Waals surface area contributed by atoms with Gasteiger partial charge in [-0.05, 0) is 30.1 Å². The molecule has 0 N–H and O–H groups in total. The minimum Gasteiger partial charge on any atom is -0.299 e. The Balaban J connectivity index is 4.70. The molecule has 0 bridgehead atoms. The zero-order valence-corrected chi connectivity index (χ0v) is 17.7. The van der Waals surface area contributed by atoms with Crippen molar-refractivity contribution in [3.8, 4) is 0 Å². The highest BCUT2D eigenvalue weighted by Crippen LogP contribution is 2.36. The highest BCUT2D eigenvalue weighted by atomic mass is 19.4. The Morgan fingerprint density at radius 3 is 1.77 bits per heavy atom. The van der Waals surface area contributed by atoms with Crippen molar-refractivity contribution in [3.63, 3.8) is 0 Å². The van der Waals surface area contributed by atoms with E-state index in [1.165, 1.54) is 13.8 Å². The van der Waals surface area contributed by atoms with E-state index in [4.69, 9.17) is 0 Å². The van der Waals surface area contributed by atoms with Crippen LogP contribution in [0.15, 0.2) is 0 Å². The summed E-state index contributed by atoms with van der Waals surface area (Å²) in [5, 5.41) is 0. The normalized spacial score (nSPS) is 16.7. The summed E-state index contributed by atoms with van der Waals surface area (Å²) < 4.78 is 39.6. The van der Waals surface area contributed by atoms with Gasteiger partial charge in [0.05, 0.1) is 0 Å². The van der Waals surface area contributed by atoms with Crippen molar-refractivity contribution < 1.29 is 22.8 Å². The molecule has 0 aromatic heterocycles. The Morgan fingerprint density at radius 1 is 0.885 bits per heavy atom. The zero-order chi connectivity index (χ0) is 20.9. The van der Waals surface area contributed by atoms with Gasteiger partial charge in [0.25, 0.3) is 0 Å². The zero-order valence-electron chi connectivity index (χ0n) is 17.7.